The fourth-order valence-corrected chi connectivity index (χ4v) is 2.61. The molecule has 0 unspecified atom stereocenters. The fourth-order valence-electron chi connectivity index (χ4n) is 1.39. The predicted octanol–water partition coefficient (Wildman–Crippen LogP) is 3.50. The van der Waals surface area contributed by atoms with Gasteiger partial charge in [0.2, 0.25) is 5.79 Å². The average Bonchev–Trinajstić information content (AvgIpc) is 2.12. The van der Waals surface area contributed by atoms with E-state index in [0.717, 1.165) is 19.3 Å². The van der Waals surface area contributed by atoms with Crippen molar-refractivity contribution in [1.82, 2.24) is 0 Å². The number of alkyl halides is 2. The standard InChI is InChI=1S/C9H13Br2ClO2/c1-2-3-6-4-5-7(12)9(13,14-6)8(10)11/h5-6,8,13H,2-4H2,1H3/t6-,9-/m1/s1. The molecule has 0 amide bonds. The van der Waals surface area contributed by atoms with E-state index in [1.807, 2.05) is 6.08 Å². The van der Waals surface area contributed by atoms with Crippen LogP contribution in [-0.4, -0.2) is 20.7 Å². The molecule has 0 radical (unpaired) electrons. The molecular weight excluding hydrogens is 335 g/mol. The van der Waals surface area contributed by atoms with Crippen molar-refractivity contribution >= 4 is 43.5 Å². The molecule has 0 fully saturated rings. The second kappa shape index (κ2) is 5.30. The Morgan fingerprint density at radius 3 is 2.93 bits per heavy atom. The van der Waals surface area contributed by atoms with Gasteiger partial charge in [-0.3, -0.25) is 0 Å². The summed E-state index contributed by atoms with van der Waals surface area (Å²) >= 11 is 12.4. The molecular formula is C9H13Br2ClO2. The Morgan fingerprint density at radius 2 is 2.43 bits per heavy atom. The van der Waals surface area contributed by atoms with E-state index in [2.05, 4.69) is 38.8 Å². The summed E-state index contributed by atoms with van der Waals surface area (Å²) in [6, 6.07) is 0. The minimum atomic E-state index is -1.43. The predicted molar refractivity (Wildman–Crippen MR) is 64.9 cm³/mol. The topological polar surface area (TPSA) is 29.5 Å². The minimum absolute atomic E-state index is 0.0464. The summed E-state index contributed by atoms with van der Waals surface area (Å²) < 4.78 is 5.15. The van der Waals surface area contributed by atoms with Crippen molar-refractivity contribution in [2.45, 2.75) is 41.8 Å². The van der Waals surface area contributed by atoms with Crippen LogP contribution in [0.3, 0.4) is 0 Å². The molecule has 0 saturated heterocycles. The largest absolute Gasteiger partial charge is 0.360 e. The van der Waals surface area contributed by atoms with Gasteiger partial charge in [0, 0.05) is 0 Å². The Labute approximate surface area is 106 Å². The maximum atomic E-state index is 10.1. The van der Waals surface area contributed by atoms with Gasteiger partial charge in [-0.1, -0.05) is 62.9 Å². The van der Waals surface area contributed by atoms with Gasteiger partial charge in [-0.25, -0.2) is 0 Å². The second-order valence-corrected chi connectivity index (χ2v) is 6.78. The number of rotatable bonds is 3. The summed E-state index contributed by atoms with van der Waals surface area (Å²) in [5.74, 6) is -1.43. The van der Waals surface area contributed by atoms with E-state index in [4.69, 9.17) is 16.3 Å². The number of hydrogen-bond acceptors (Lipinski definition) is 2. The lowest BCUT2D eigenvalue weighted by Crippen LogP contribution is -2.44. The lowest BCUT2D eigenvalue weighted by molar-refractivity contribution is -0.194. The SMILES string of the molecule is CCC[C@@H]1CC=C(Cl)[C@](O)(C(Br)Br)O1. The van der Waals surface area contributed by atoms with Gasteiger partial charge in [0.25, 0.3) is 0 Å². The van der Waals surface area contributed by atoms with Gasteiger partial charge in [-0.2, -0.15) is 0 Å². The first-order chi connectivity index (χ1) is 6.50. The third-order valence-corrected chi connectivity index (χ3v) is 3.82. The van der Waals surface area contributed by atoms with E-state index in [-0.39, 0.29) is 6.10 Å². The number of aliphatic hydroxyl groups is 1. The van der Waals surface area contributed by atoms with Crippen LogP contribution in [0.25, 0.3) is 0 Å². The summed E-state index contributed by atoms with van der Waals surface area (Å²) in [4.78, 5) is 0. The van der Waals surface area contributed by atoms with Gasteiger partial charge in [0.05, 0.1) is 11.1 Å². The van der Waals surface area contributed by atoms with Gasteiger partial charge in [-0.05, 0) is 12.8 Å². The van der Waals surface area contributed by atoms with E-state index in [0.29, 0.717) is 5.03 Å². The molecule has 14 heavy (non-hydrogen) atoms. The van der Waals surface area contributed by atoms with Crippen molar-refractivity contribution in [1.29, 1.82) is 0 Å². The van der Waals surface area contributed by atoms with Gasteiger partial charge in [0.1, 0.15) is 3.74 Å². The molecule has 82 valence electrons. The number of halogens is 3. The highest BCUT2D eigenvalue weighted by molar-refractivity contribution is 9.24. The first-order valence-electron chi connectivity index (χ1n) is 4.55. The molecule has 5 heteroatoms. The summed E-state index contributed by atoms with van der Waals surface area (Å²) in [7, 11) is 0. The van der Waals surface area contributed by atoms with Crippen LogP contribution in [0.4, 0.5) is 0 Å². The molecule has 0 aromatic heterocycles. The summed E-state index contributed by atoms with van der Waals surface area (Å²) in [6.45, 7) is 2.09. The average molecular weight is 348 g/mol. The molecule has 1 aliphatic heterocycles. The Morgan fingerprint density at radius 1 is 1.79 bits per heavy atom. The molecule has 2 nitrogen and oxygen atoms in total. The Hall–Kier alpha value is 0.910. The van der Waals surface area contributed by atoms with E-state index < -0.39 is 9.52 Å². The third kappa shape index (κ3) is 2.73. The van der Waals surface area contributed by atoms with Gasteiger partial charge in [0.15, 0.2) is 0 Å². The lowest BCUT2D eigenvalue weighted by atomic mass is 10.1. The zero-order chi connectivity index (χ0) is 10.8. The van der Waals surface area contributed by atoms with E-state index in [1.165, 1.54) is 0 Å². The molecule has 0 saturated carbocycles. The molecule has 0 bridgehead atoms. The smallest absolute Gasteiger partial charge is 0.226 e. The monoisotopic (exact) mass is 346 g/mol. The molecule has 1 aliphatic rings. The maximum absolute atomic E-state index is 10.1. The van der Waals surface area contributed by atoms with Gasteiger partial charge >= 0.3 is 0 Å². The summed E-state index contributed by atoms with van der Waals surface area (Å²) in [5.41, 5.74) is 0. The first kappa shape index (κ1) is 13.0. The van der Waals surface area contributed by atoms with Gasteiger partial charge < -0.3 is 9.84 Å². The number of hydrogen-bond donors (Lipinski definition) is 1. The Kier molecular flexibility index (Phi) is 4.91. The lowest BCUT2D eigenvalue weighted by Gasteiger charge is -2.36. The first-order valence-corrected chi connectivity index (χ1v) is 6.76. The molecule has 1 rings (SSSR count). The Bertz CT molecular complexity index is 233. The van der Waals surface area contributed by atoms with Crippen molar-refractivity contribution in [2.24, 2.45) is 0 Å². The molecule has 0 spiro atoms. The van der Waals surface area contributed by atoms with Crippen LogP contribution in [0.2, 0.25) is 0 Å². The molecule has 0 aromatic rings. The van der Waals surface area contributed by atoms with Crippen LogP contribution in [0.15, 0.2) is 11.1 Å². The van der Waals surface area contributed by atoms with E-state index in [9.17, 15) is 5.11 Å². The summed E-state index contributed by atoms with van der Waals surface area (Å²) in [6.07, 6.45) is 4.59. The zero-order valence-corrected chi connectivity index (χ0v) is 11.8. The van der Waals surface area contributed by atoms with Gasteiger partial charge in [-0.15, -0.1) is 0 Å². The highest BCUT2D eigenvalue weighted by Gasteiger charge is 2.42. The van der Waals surface area contributed by atoms with E-state index in [1.54, 1.807) is 0 Å². The fraction of sp³-hybridized carbons (Fsp3) is 0.778. The van der Waals surface area contributed by atoms with Crippen LogP contribution in [0.5, 0.6) is 0 Å². The van der Waals surface area contributed by atoms with Crippen LogP contribution >= 0.6 is 43.5 Å². The van der Waals surface area contributed by atoms with Crippen molar-refractivity contribution in [3.8, 4) is 0 Å². The van der Waals surface area contributed by atoms with Crippen LogP contribution in [0.1, 0.15) is 26.2 Å². The molecule has 1 heterocycles. The van der Waals surface area contributed by atoms with Crippen LogP contribution < -0.4 is 0 Å². The molecule has 1 N–H and O–H groups in total. The second-order valence-electron chi connectivity index (χ2n) is 3.31. The Balaban J connectivity index is 2.76. The number of ether oxygens (including phenoxy) is 1. The molecule has 0 aliphatic carbocycles. The zero-order valence-electron chi connectivity index (χ0n) is 7.84. The highest BCUT2D eigenvalue weighted by atomic mass is 79.9. The quantitative estimate of drug-likeness (QED) is 0.791. The minimum Gasteiger partial charge on any atom is -0.360 e. The molecule has 0 aromatic carbocycles. The van der Waals surface area contributed by atoms with Crippen molar-refractivity contribution in [3.05, 3.63) is 11.1 Å². The summed E-state index contributed by atoms with van der Waals surface area (Å²) in [5, 5.41) is 10.4. The highest BCUT2D eigenvalue weighted by Crippen LogP contribution is 2.39. The van der Waals surface area contributed by atoms with Crippen molar-refractivity contribution in [2.75, 3.05) is 0 Å². The van der Waals surface area contributed by atoms with Crippen molar-refractivity contribution in [3.63, 3.8) is 0 Å². The normalized spacial score (nSPS) is 33.3. The van der Waals surface area contributed by atoms with E-state index >= 15 is 0 Å². The maximum Gasteiger partial charge on any atom is 0.226 e. The molecule has 2 atom stereocenters. The van der Waals surface area contributed by atoms with Crippen LogP contribution in [-0.2, 0) is 4.74 Å². The van der Waals surface area contributed by atoms with Crippen molar-refractivity contribution < 1.29 is 9.84 Å². The third-order valence-electron chi connectivity index (χ3n) is 2.15. The van der Waals surface area contributed by atoms with Crippen LogP contribution in [0, 0.1) is 0 Å².